The highest BCUT2D eigenvalue weighted by atomic mass is 32.1. The third-order valence-electron chi connectivity index (χ3n) is 3.07. The zero-order chi connectivity index (χ0) is 13.3. The van der Waals surface area contributed by atoms with E-state index in [4.69, 9.17) is 18.0 Å². The van der Waals surface area contributed by atoms with Crippen LogP contribution in [0.4, 0.5) is 0 Å². The molecular weight excluding hydrogens is 248 g/mol. The summed E-state index contributed by atoms with van der Waals surface area (Å²) in [5.41, 5.74) is 6.39. The molecule has 1 heterocycles. The van der Waals surface area contributed by atoms with E-state index in [-0.39, 0.29) is 17.9 Å². The van der Waals surface area contributed by atoms with Crippen LogP contribution in [-0.2, 0) is 0 Å². The number of rotatable bonds is 4. The van der Waals surface area contributed by atoms with Crippen molar-refractivity contribution in [3.63, 3.8) is 0 Å². The number of benzene rings is 1. The normalized spacial score (nSPS) is 15.7. The van der Waals surface area contributed by atoms with Gasteiger partial charge < -0.3 is 5.73 Å². The van der Waals surface area contributed by atoms with Gasteiger partial charge in [-0.1, -0.05) is 24.4 Å². The Bertz CT molecular complexity index is 492. The molecule has 2 N–H and O–H groups in total. The Kier molecular flexibility index (Phi) is 3.43. The van der Waals surface area contributed by atoms with Gasteiger partial charge in [0.05, 0.1) is 16.1 Å². The molecular formula is C13H14N2O2S. The Balaban J connectivity index is 2.20. The Morgan fingerprint density at radius 1 is 1.28 bits per heavy atom. The molecule has 1 aromatic carbocycles. The van der Waals surface area contributed by atoms with Crippen molar-refractivity contribution < 1.29 is 9.59 Å². The van der Waals surface area contributed by atoms with Crippen LogP contribution in [0.15, 0.2) is 24.3 Å². The van der Waals surface area contributed by atoms with Crippen molar-refractivity contribution >= 4 is 29.0 Å². The van der Waals surface area contributed by atoms with Gasteiger partial charge in [-0.15, -0.1) is 0 Å². The number of fused-ring (bicyclic) bond motifs is 1. The maximum atomic E-state index is 12.1. The summed E-state index contributed by atoms with van der Waals surface area (Å²) in [5.74, 6) is -0.461. The number of carbonyl (C=O) groups is 2. The summed E-state index contributed by atoms with van der Waals surface area (Å²) in [6.07, 6.45) is 1.13. The zero-order valence-corrected chi connectivity index (χ0v) is 10.9. The van der Waals surface area contributed by atoms with E-state index in [1.807, 2.05) is 6.92 Å². The van der Waals surface area contributed by atoms with Crippen molar-refractivity contribution in [2.24, 2.45) is 5.73 Å². The predicted octanol–water partition coefficient (Wildman–Crippen LogP) is 1.74. The van der Waals surface area contributed by atoms with Gasteiger partial charge in [-0.2, -0.15) is 0 Å². The lowest BCUT2D eigenvalue weighted by atomic mass is 10.1. The van der Waals surface area contributed by atoms with E-state index in [2.05, 4.69) is 0 Å². The Morgan fingerprint density at radius 3 is 2.22 bits per heavy atom. The molecule has 94 valence electrons. The zero-order valence-electron chi connectivity index (χ0n) is 10.1. The highest BCUT2D eigenvalue weighted by molar-refractivity contribution is 7.80. The van der Waals surface area contributed by atoms with Gasteiger partial charge in [-0.05, 0) is 31.9 Å². The number of imide groups is 1. The Hall–Kier alpha value is -1.75. The first-order valence-corrected chi connectivity index (χ1v) is 6.18. The van der Waals surface area contributed by atoms with Crippen LogP contribution in [-0.4, -0.2) is 27.7 Å². The molecule has 0 spiro atoms. The first-order valence-electron chi connectivity index (χ1n) is 5.77. The van der Waals surface area contributed by atoms with Gasteiger partial charge in [0.25, 0.3) is 11.8 Å². The number of hydrogen-bond donors (Lipinski definition) is 1. The lowest BCUT2D eigenvalue weighted by molar-refractivity contribution is 0.0591. The number of carbonyl (C=O) groups excluding carboxylic acids is 2. The van der Waals surface area contributed by atoms with Crippen molar-refractivity contribution in [3.8, 4) is 0 Å². The van der Waals surface area contributed by atoms with E-state index in [1.54, 1.807) is 24.3 Å². The minimum Gasteiger partial charge on any atom is -0.393 e. The minimum absolute atomic E-state index is 0.195. The Labute approximate surface area is 111 Å². The number of amides is 2. The molecule has 18 heavy (non-hydrogen) atoms. The SMILES string of the molecule is CC(CCC(N)=S)N1C(=O)c2ccccc2C1=O. The molecule has 1 unspecified atom stereocenters. The molecule has 0 aromatic heterocycles. The van der Waals surface area contributed by atoms with Gasteiger partial charge in [0.2, 0.25) is 0 Å². The number of nitrogens with zero attached hydrogens (tertiary/aromatic N) is 1. The molecule has 5 heteroatoms. The summed E-state index contributed by atoms with van der Waals surface area (Å²) in [7, 11) is 0. The summed E-state index contributed by atoms with van der Waals surface area (Å²) in [6.45, 7) is 1.83. The smallest absolute Gasteiger partial charge is 0.261 e. The van der Waals surface area contributed by atoms with E-state index >= 15 is 0 Å². The lowest BCUT2D eigenvalue weighted by Crippen LogP contribution is -2.38. The topological polar surface area (TPSA) is 63.4 Å². The summed E-state index contributed by atoms with van der Waals surface area (Å²) in [4.78, 5) is 26.0. The summed E-state index contributed by atoms with van der Waals surface area (Å²) in [5, 5.41) is 0. The predicted molar refractivity (Wildman–Crippen MR) is 72.4 cm³/mol. The van der Waals surface area contributed by atoms with Gasteiger partial charge in [-0.25, -0.2) is 0 Å². The fourth-order valence-electron chi connectivity index (χ4n) is 2.09. The van der Waals surface area contributed by atoms with E-state index in [0.29, 0.717) is 29.0 Å². The third kappa shape index (κ3) is 2.13. The molecule has 2 amide bonds. The second-order valence-corrected chi connectivity index (χ2v) is 4.90. The van der Waals surface area contributed by atoms with Crippen LogP contribution in [0.25, 0.3) is 0 Å². The fourth-order valence-corrected chi connectivity index (χ4v) is 2.21. The fraction of sp³-hybridized carbons (Fsp3) is 0.308. The third-order valence-corrected chi connectivity index (χ3v) is 3.28. The maximum Gasteiger partial charge on any atom is 0.261 e. The molecule has 4 nitrogen and oxygen atoms in total. The molecule has 1 atom stereocenters. The first-order chi connectivity index (χ1) is 8.52. The number of hydrogen-bond acceptors (Lipinski definition) is 3. The van der Waals surface area contributed by atoms with Crippen LogP contribution in [0.2, 0.25) is 0 Å². The number of thiocarbonyl (C=S) groups is 1. The molecule has 0 fully saturated rings. The van der Waals surface area contributed by atoms with E-state index in [9.17, 15) is 9.59 Å². The van der Waals surface area contributed by atoms with Crippen LogP contribution < -0.4 is 5.73 Å². The number of nitrogens with two attached hydrogens (primary N) is 1. The van der Waals surface area contributed by atoms with Crippen LogP contribution in [0, 0.1) is 0 Å². The molecule has 0 saturated carbocycles. The standard InChI is InChI=1S/C13H14N2O2S/c1-8(6-7-11(14)18)15-12(16)9-4-2-3-5-10(9)13(15)17/h2-5,8H,6-7H2,1H3,(H2,14,18). The van der Waals surface area contributed by atoms with Crippen LogP contribution in [0.1, 0.15) is 40.5 Å². The van der Waals surface area contributed by atoms with Crippen LogP contribution in [0.5, 0.6) is 0 Å². The van der Waals surface area contributed by atoms with Gasteiger partial charge in [0.15, 0.2) is 0 Å². The van der Waals surface area contributed by atoms with E-state index in [0.717, 1.165) is 0 Å². The molecule has 0 saturated heterocycles. The van der Waals surface area contributed by atoms with E-state index < -0.39 is 0 Å². The molecule has 0 aliphatic carbocycles. The summed E-state index contributed by atoms with van der Waals surface area (Å²) < 4.78 is 0. The molecule has 2 rings (SSSR count). The molecule has 0 bridgehead atoms. The van der Waals surface area contributed by atoms with Crippen molar-refractivity contribution in [2.45, 2.75) is 25.8 Å². The van der Waals surface area contributed by atoms with Gasteiger partial charge in [0.1, 0.15) is 0 Å². The second kappa shape index (κ2) is 4.86. The molecule has 1 aliphatic rings. The summed E-state index contributed by atoms with van der Waals surface area (Å²) in [6, 6.07) is 6.67. The van der Waals surface area contributed by atoms with Gasteiger partial charge in [-0.3, -0.25) is 14.5 Å². The van der Waals surface area contributed by atoms with Gasteiger partial charge >= 0.3 is 0 Å². The summed E-state index contributed by atoms with van der Waals surface area (Å²) >= 11 is 4.81. The Morgan fingerprint density at radius 2 is 1.78 bits per heavy atom. The lowest BCUT2D eigenvalue weighted by Gasteiger charge is -2.22. The monoisotopic (exact) mass is 262 g/mol. The average Bonchev–Trinajstić information content (AvgIpc) is 2.60. The van der Waals surface area contributed by atoms with Crippen molar-refractivity contribution in [1.82, 2.24) is 4.90 Å². The van der Waals surface area contributed by atoms with Crippen LogP contribution >= 0.6 is 12.2 Å². The van der Waals surface area contributed by atoms with Crippen molar-refractivity contribution in [2.75, 3.05) is 0 Å². The van der Waals surface area contributed by atoms with Crippen molar-refractivity contribution in [3.05, 3.63) is 35.4 Å². The average molecular weight is 262 g/mol. The molecule has 1 aromatic rings. The molecule has 0 radical (unpaired) electrons. The quantitative estimate of drug-likeness (QED) is 0.663. The highest BCUT2D eigenvalue weighted by Gasteiger charge is 2.37. The van der Waals surface area contributed by atoms with Crippen LogP contribution in [0.3, 0.4) is 0 Å². The largest absolute Gasteiger partial charge is 0.393 e. The second-order valence-electron chi connectivity index (χ2n) is 4.38. The van der Waals surface area contributed by atoms with Gasteiger partial charge in [0, 0.05) is 6.04 Å². The first kappa shape index (κ1) is 12.7. The minimum atomic E-state index is -0.231. The van der Waals surface area contributed by atoms with E-state index in [1.165, 1.54) is 4.90 Å². The highest BCUT2D eigenvalue weighted by Crippen LogP contribution is 2.25. The van der Waals surface area contributed by atoms with Crippen molar-refractivity contribution in [1.29, 1.82) is 0 Å². The maximum absolute atomic E-state index is 12.1. The molecule has 1 aliphatic heterocycles.